The molecule has 0 aliphatic heterocycles. The molecule has 0 aromatic rings. The van der Waals surface area contributed by atoms with Gasteiger partial charge in [-0.2, -0.15) is 8.42 Å². The molecule has 0 unspecified atom stereocenters. The number of hydrogen-bond acceptors (Lipinski definition) is 4. The third-order valence-corrected chi connectivity index (χ3v) is 5.55. The van der Waals surface area contributed by atoms with E-state index in [1.807, 2.05) is 0 Å². The van der Waals surface area contributed by atoms with Crippen molar-refractivity contribution in [3.8, 4) is 0 Å². The second-order valence-electron chi connectivity index (χ2n) is 6.81. The largest absolute Gasteiger partial charge is 0.329 e. The van der Waals surface area contributed by atoms with Gasteiger partial charge in [0, 0.05) is 36.1 Å². The fourth-order valence-corrected chi connectivity index (χ4v) is 3.52. The van der Waals surface area contributed by atoms with Crippen LogP contribution >= 0.6 is 0 Å². The molecule has 151 valence electrons. The zero-order valence-electron chi connectivity index (χ0n) is 17.4. The Balaban J connectivity index is 0. The van der Waals surface area contributed by atoms with Crippen LogP contribution in [0.3, 0.4) is 0 Å². The van der Waals surface area contributed by atoms with E-state index in [4.69, 9.17) is 9.92 Å². The molecule has 0 aliphatic rings. The van der Waals surface area contributed by atoms with Gasteiger partial charge in [-0.25, -0.2) is 0 Å². The van der Waals surface area contributed by atoms with Crippen LogP contribution in [-0.4, -0.2) is 56.9 Å². The SMILES string of the molecule is CCCCCCCC/C=C\CCCCCCCCOS(=O)(=O)CCN.[Na]. The van der Waals surface area contributed by atoms with Gasteiger partial charge in [-0.1, -0.05) is 76.9 Å². The normalized spacial score (nSPS) is 11.8. The van der Waals surface area contributed by atoms with E-state index in [0.29, 0.717) is 6.61 Å². The Bertz CT molecular complexity index is 400. The van der Waals surface area contributed by atoms with Crippen LogP contribution < -0.4 is 5.73 Å². The van der Waals surface area contributed by atoms with Gasteiger partial charge in [0.2, 0.25) is 0 Å². The fraction of sp³-hybridized carbons (Fsp3) is 0.900. The summed E-state index contributed by atoms with van der Waals surface area (Å²) < 4.78 is 27.4. The Morgan fingerprint density at radius 1 is 0.769 bits per heavy atom. The Kier molecular flexibility index (Phi) is 24.3. The maximum absolute atomic E-state index is 11.3. The third kappa shape index (κ3) is 22.7. The minimum atomic E-state index is -3.38. The van der Waals surface area contributed by atoms with Gasteiger partial charge >= 0.3 is 0 Å². The molecule has 0 bridgehead atoms. The number of allylic oxidation sites excluding steroid dienone is 2. The molecule has 0 spiro atoms. The summed E-state index contributed by atoms with van der Waals surface area (Å²) in [5.41, 5.74) is 5.22. The van der Waals surface area contributed by atoms with Gasteiger partial charge in [0.15, 0.2) is 0 Å². The van der Waals surface area contributed by atoms with Crippen molar-refractivity contribution in [1.82, 2.24) is 0 Å². The number of unbranched alkanes of at least 4 members (excludes halogenated alkanes) is 12. The molecule has 2 N–H and O–H groups in total. The number of nitrogens with two attached hydrogens (primary N) is 1. The van der Waals surface area contributed by atoms with Gasteiger partial charge in [-0.3, -0.25) is 4.18 Å². The summed E-state index contributed by atoms with van der Waals surface area (Å²) in [6.45, 7) is 2.67. The van der Waals surface area contributed by atoms with Crippen molar-refractivity contribution < 1.29 is 12.6 Å². The zero-order valence-corrected chi connectivity index (χ0v) is 20.2. The van der Waals surface area contributed by atoms with Crippen molar-refractivity contribution in [2.24, 2.45) is 5.73 Å². The van der Waals surface area contributed by atoms with E-state index >= 15 is 0 Å². The van der Waals surface area contributed by atoms with Crippen molar-refractivity contribution in [2.45, 2.75) is 96.8 Å². The minimum Gasteiger partial charge on any atom is -0.329 e. The van der Waals surface area contributed by atoms with E-state index in [0.717, 1.165) is 19.3 Å². The second-order valence-corrected chi connectivity index (χ2v) is 8.57. The van der Waals surface area contributed by atoms with E-state index in [-0.39, 0.29) is 41.9 Å². The maximum Gasteiger partial charge on any atom is 0.268 e. The van der Waals surface area contributed by atoms with E-state index in [9.17, 15) is 8.42 Å². The Labute approximate surface area is 185 Å². The van der Waals surface area contributed by atoms with E-state index < -0.39 is 10.1 Å². The second kappa shape index (κ2) is 21.9. The van der Waals surface area contributed by atoms with Crippen molar-refractivity contribution in [3.05, 3.63) is 12.2 Å². The monoisotopic (exact) mass is 398 g/mol. The Morgan fingerprint density at radius 3 is 1.73 bits per heavy atom. The van der Waals surface area contributed by atoms with Crippen LogP contribution in [0.1, 0.15) is 96.8 Å². The Hall–Kier alpha value is 0.610. The summed E-state index contributed by atoms with van der Waals surface area (Å²) in [7, 11) is -3.38. The molecule has 1 radical (unpaired) electrons. The molecule has 0 fully saturated rings. The van der Waals surface area contributed by atoms with Gasteiger partial charge in [0.1, 0.15) is 0 Å². The van der Waals surface area contributed by atoms with Gasteiger partial charge in [-0.15, -0.1) is 0 Å². The van der Waals surface area contributed by atoms with Crippen LogP contribution in [0.25, 0.3) is 0 Å². The van der Waals surface area contributed by atoms with E-state index in [1.54, 1.807) is 0 Å². The minimum absolute atomic E-state index is 0. The van der Waals surface area contributed by atoms with Crippen molar-refractivity contribution in [2.75, 3.05) is 18.9 Å². The molecule has 0 saturated carbocycles. The molecule has 0 aliphatic carbocycles. The smallest absolute Gasteiger partial charge is 0.268 e. The van der Waals surface area contributed by atoms with Gasteiger partial charge in [0.25, 0.3) is 10.1 Å². The third-order valence-electron chi connectivity index (χ3n) is 4.29. The summed E-state index contributed by atoms with van der Waals surface area (Å²) in [6, 6.07) is 0. The van der Waals surface area contributed by atoms with Crippen molar-refractivity contribution >= 4 is 39.7 Å². The van der Waals surface area contributed by atoms with Crippen LogP contribution in [0.5, 0.6) is 0 Å². The average Bonchev–Trinajstić information content (AvgIpc) is 2.57. The molecule has 0 aromatic heterocycles. The Morgan fingerprint density at radius 2 is 1.23 bits per heavy atom. The predicted octanol–water partition coefficient (Wildman–Crippen LogP) is 4.95. The molecule has 4 nitrogen and oxygen atoms in total. The number of rotatable bonds is 19. The van der Waals surface area contributed by atoms with Crippen LogP contribution in [0.15, 0.2) is 12.2 Å². The van der Waals surface area contributed by atoms with Crippen LogP contribution in [-0.2, 0) is 14.3 Å². The maximum atomic E-state index is 11.3. The first-order chi connectivity index (χ1) is 12.1. The summed E-state index contributed by atoms with van der Waals surface area (Å²) >= 11 is 0. The van der Waals surface area contributed by atoms with Crippen molar-refractivity contribution in [3.63, 3.8) is 0 Å². The molecule has 6 heteroatoms. The quantitative estimate of drug-likeness (QED) is 0.145. The summed E-state index contributed by atoms with van der Waals surface area (Å²) in [6.07, 6.45) is 22.1. The van der Waals surface area contributed by atoms with E-state index in [1.165, 1.54) is 70.6 Å². The summed E-state index contributed by atoms with van der Waals surface area (Å²) in [5, 5.41) is 0. The molecular weight excluding hydrogens is 357 g/mol. The molecule has 0 saturated heterocycles. The molecule has 0 rings (SSSR count). The topological polar surface area (TPSA) is 69.4 Å². The first-order valence-corrected chi connectivity index (χ1v) is 11.9. The van der Waals surface area contributed by atoms with Gasteiger partial charge in [0.05, 0.1) is 12.4 Å². The first kappa shape index (κ1) is 28.8. The molecule has 26 heavy (non-hydrogen) atoms. The molecular formula is C20H41NNaO3S. The summed E-state index contributed by atoms with van der Waals surface area (Å²) in [4.78, 5) is 0. The van der Waals surface area contributed by atoms with Crippen LogP contribution in [0.4, 0.5) is 0 Å². The molecule has 0 aromatic carbocycles. The number of hydrogen-bond donors (Lipinski definition) is 1. The van der Waals surface area contributed by atoms with E-state index in [2.05, 4.69) is 19.1 Å². The summed E-state index contributed by atoms with van der Waals surface area (Å²) in [5.74, 6) is -0.0840. The van der Waals surface area contributed by atoms with Crippen LogP contribution in [0.2, 0.25) is 0 Å². The standard InChI is InChI=1S/C20H41NO3S.Na/c1-2-3-4-5-6-7-8-9-10-11-12-13-14-15-16-17-19-24-25(22,23)20-18-21;/h9-10H,2-8,11-21H2,1H3;/b10-9-;. The average molecular weight is 399 g/mol. The van der Waals surface area contributed by atoms with Crippen LogP contribution in [0, 0.1) is 0 Å². The van der Waals surface area contributed by atoms with Gasteiger partial charge < -0.3 is 5.73 Å². The first-order valence-electron chi connectivity index (χ1n) is 10.3. The van der Waals surface area contributed by atoms with Crippen molar-refractivity contribution in [1.29, 1.82) is 0 Å². The molecule has 0 atom stereocenters. The zero-order chi connectivity index (χ0) is 18.6. The molecule has 0 heterocycles. The fourth-order valence-electron chi connectivity index (χ4n) is 2.74. The van der Waals surface area contributed by atoms with Gasteiger partial charge in [-0.05, 0) is 32.1 Å². The molecule has 0 amide bonds. The predicted molar refractivity (Wildman–Crippen MR) is 114 cm³/mol.